The van der Waals surface area contributed by atoms with Crippen LogP contribution in [0.5, 0.6) is 5.75 Å². The Balaban J connectivity index is 2.13. The van der Waals surface area contributed by atoms with Gasteiger partial charge in [0.1, 0.15) is 11.8 Å². The van der Waals surface area contributed by atoms with Crippen LogP contribution in [0.25, 0.3) is 0 Å². The number of nitriles is 1. The maximum Gasteiger partial charge on any atom is 0.230 e. The lowest BCUT2D eigenvalue weighted by Crippen LogP contribution is -2.33. The van der Waals surface area contributed by atoms with Crippen molar-refractivity contribution in [3.8, 4) is 11.8 Å². The van der Waals surface area contributed by atoms with Crippen molar-refractivity contribution in [2.24, 2.45) is 5.41 Å². The predicted molar refractivity (Wildman–Crippen MR) is 77.4 cm³/mol. The van der Waals surface area contributed by atoms with Gasteiger partial charge >= 0.3 is 0 Å². The highest BCUT2D eigenvalue weighted by molar-refractivity contribution is 5.96. The summed E-state index contributed by atoms with van der Waals surface area (Å²) in [7, 11) is 0. The van der Waals surface area contributed by atoms with Crippen molar-refractivity contribution in [3.63, 3.8) is 0 Å². The topological polar surface area (TPSA) is 62.1 Å². The molecular weight excluding hydrogens is 252 g/mol. The van der Waals surface area contributed by atoms with Crippen LogP contribution in [0.2, 0.25) is 0 Å². The highest BCUT2D eigenvalue weighted by atomic mass is 16.5. The second-order valence-electron chi connectivity index (χ2n) is 5.24. The van der Waals surface area contributed by atoms with Crippen molar-refractivity contribution in [3.05, 3.63) is 24.3 Å². The smallest absolute Gasteiger partial charge is 0.230 e. The molecule has 0 spiro atoms. The summed E-state index contributed by atoms with van der Waals surface area (Å²) in [5, 5.41) is 11.6. The standard InChI is InChI=1S/C16H20N2O2/c1-2-16(9-5-6-10-16)15(19)18-13-7-3-4-8-14(13)20-12-11-17/h3-4,7-8H,2,5-6,9-10,12H2,1H3,(H,18,19). The van der Waals surface area contributed by atoms with Crippen molar-refractivity contribution in [1.82, 2.24) is 0 Å². The number of carbonyl (C=O) groups is 1. The van der Waals surface area contributed by atoms with E-state index in [1.807, 2.05) is 24.3 Å². The molecule has 20 heavy (non-hydrogen) atoms. The number of amides is 1. The number of ether oxygens (including phenoxy) is 1. The lowest BCUT2D eigenvalue weighted by molar-refractivity contribution is -0.125. The molecule has 4 nitrogen and oxygen atoms in total. The summed E-state index contributed by atoms with van der Waals surface area (Å²) < 4.78 is 5.34. The molecule has 1 fully saturated rings. The molecule has 0 radical (unpaired) electrons. The van der Waals surface area contributed by atoms with Crippen LogP contribution in [0, 0.1) is 16.7 Å². The van der Waals surface area contributed by atoms with Gasteiger partial charge in [-0.05, 0) is 31.4 Å². The first-order valence-corrected chi connectivity index (χ1v) is 7.12. The monoisotopic (exact) mass is 272 g/mol. The minimum atomic E-state index is -0.234. The normalized spacial score (nSPS) is 16.4. The predicted octanol–water partition coefficient (Wildman–Crippen LogP) is 3.50. The number of carbonyl (C=O) groups excluding carboxylic acids is 1. The number of anilines is 1. The third kappa shape index (κ3) is 2.93. The summed E-state index contributed by atoms with van der Waals surface area (Å²) in [6, 6.07) is 9.18. The van der Waals surface area contributed by atoms with Crippen LogP contribution >= 0.6 is 0 Å². The molecule has 1 amide bonds. The Hall–Kier alpha value is -2.02. The summed E-state index contributed by atoms with van der Waals surface area (Å²) in [5.41, 5.74) is 0.412. The van der Waals surface area contributed by atoms with Crippen LogP contribution in [0.15, 0.2) is 24.3 Å². The Labute approximate surface area is 119 Å². The van der Waals surface area contributed by atoms with E-state index in [4.69, 9.17) is 10.00 Å². The molecule has 0 heterocycles. The molecule has 1 N–H and O–H groups in total. The first-order chi connectivity index (χ1) is 9.72. The van der Waals surface area contributed by atoms with E-state index in [9.17, 15) is 4.79 Å². The Morgan fingerprint density at radius 2 is 2.10 bits per heavy atom. The average Bonchev–Trinajstić information content (AvgIpc) is 2.96. The molecule has 1 aliphatic carbocycles. The Kier molecular flexibility index (Phi) is 4.62. The van der Waals surface area contributed by atoms with Crippen LogP contribution in [0.1, 0.15) is 39.0 Å². The highest BCUT2D eigenvalue weighted by Gasteiger charge is 2.39. The second-order valence-corrected chi connectivity index (χ2v) is 5.24. The fourth-order valence-electron chi connectivity index (χ4n) is 2.85. The van der Waals surface area contributed by atoms with E-state index in [1.165, 1.54) is 0 Å². The largest absolute Gasteiger partial charge is 0.477 e. The van der Waals surface area contributed by atoms with E-state index in [0.29, 0.717) is 11.4 Å². The number of nitrogens with zero attached hydrogens (tertiary/aromatic N) is 1. The van der Waals surface area contributed by atoms with Crippen LogP contribution < -0.4 is 10.1 Å². The van der Waals surface area contributed by atoms with E-state index in [1.54, 1.807) is 6.07 Å². The van der Waals surface area contributed by atoms with Crippen LogP contribution in [-0.4, -0.2) is 12.5 Å². The molecule has 1 aromatic carbocycles. The van der Waals surface area contributed by atoms with Gasteiger partial charge in [-0.2, -0.15) is 5.26 Å². The zero-order valence-corrected chi connectivity index (χ0v) is 11.8. The van der Waals surface area contributed by atoms with Crippen molar-refractivity contribution >= 4 is 11.6 Å². The van der Waals surface area contributed by atoms with Crippen molar-refractivity contribution < 1.29 is 9.53 Å². The summed E-state index contributed by atoms with van der Waals surface area (Å²) in [5.74, 6) is 0.622. The molecule has 0 aromatic heterocycles. The number of nitrogens with one attached hydrogen (secondary N) is 1. The minimum absolute atomic E-state index is 0.0220. The van der Waals surface area contributed by atoms with Crippen molar-refractivity contribution in [2.45, 2.75) is 39.0 Å². The van der Waals surface area contributed by atoms with E-state index in [0.717, 1.165) is 32.1 Å². The van der Waals surface area contributed by atoms with Gasteiger partial charge in [-0.15, -0.1) is 0 Å². The molecule has 1 saturated carbocycles. The van der Waals surface area contributed by atoms with Gasteiger partial charge in [0.05, 0.1) is 5.69 Å². The number of hydrogen-bond donors (Lipinski definition) is 1. The SMILES string of the molecule is CCC1(C(=O)Nc2ccccc2OCC#N)CCCC1. The van der Waals surface area contributed by atoms with E-state index in [2.05, 4.69) is 12.2 Å². The van der Waals surface area contributed by atoms with Crippen LogP contribution in [0.3, 0.4) is 0 Å². The summed E-state index contributed by atoms with van der Waals surface area (Å²) in [6.07, 6.45) is 5.01. The molecule has 0 saturated heterocycles. The summed E-state index contributed by atoms with van der Waals surface area (Å²) in [4.78, 5) is 12.6. The molecule has 2 rings (SSSR count). The lowest BCUT2D eigenvalue weighted by Gasteiger charge is -2.26. The van der Waals surface area contributed by atoms with Crippen molar-refractivity contribution in [1.29, 1.82) is 5.26 Å². The van der Waals surface area contributed by atoms with E-state index < -0.39 is 0 Å². The minimum Gasteiger partial charge on any atom is -0.477 e. The Morgan fingerprint density at radius 1 is 1.40 bits per heavy atom. The van der Waals surface area contributed by atoms with Gasteiger partial charge in [-0.1, -0.05) is 31.9 Å². The summed E-state index contributed by atoms with van der Waals surface area (Å²) in [6.45, 7) is 2.05. The first-order valence-electron chi connectivity index (χ1n) is 7.12. The van der Waals surface area contributed by atoms with E-state index in [-0.39, 0.29) is 17.9 Å². The Morgan fingerprint density at radius 3 is 2.75 bits per heavy atom. The molecule has 1 aromatic rings. The third-order valence-corrected chi connectivity index (χ3v) is 4.15. The van der Waals surface area contributed by atoms with Crippen LogP contribution in [0.4, 0.5) is 5.69 Å². The van der Waals surface area contributed by atoms with Crippen LogP contribution in [-0.2, 0) is 4.79 Å². The van der Waals surface area contributed by atoms with Gasteiger partial charge in [0, 0.05) is 5.41 Å². The molecule has 106 valence electrons. The fraction of sp³-hybridized carbons (Fsp3) is 0.500. The van der Waals surface area contributed by atoms with Crippen molar-refractivity contribution in [2.75, 3.05) is 11.9 Å². The number of hydrogen-bond acceptors (Lipinski definition) is 3. The third-order valence-electron chi connectivity index (χ3n) is 4.15. The van der Waals surface area contributed by atoms with Gasteiger partial charge in [-0.3, -0.25) is 4.79 Å². The molecule has 1 aliphatic rings. The quantitative estimate of drug-likeness (QED) is 0.892. The van der Waals surface area contributed by atoms with Gasteiger partial charge < -0.3 is 10.1 Å². The number of benzene rings is 1. The number of rotatable bonds is 5. The fourth-order valence-corrected chi connectivity index (χ4v) is 2.85. The molecule has 0 atom stereocenters. The maximum absolute atomic E-state index is 12.6. The second kappa shape index (κ2) is 6.42. The van der Waals surface area contributed by atoms with E-state index >= 15 is 0 Å². The molecular formula is C16H20N2O2. The molecule has 4 heteroatoms. The summed E-state index contributed by atoms with van der Waals surface area (Å²) >= 11 is 0. The Bertz CT molecular complexity index is 513. The van der Waals surface area contributed by atoms with Gasteiger partial charge in [0.2, 0.25) is 5.91 Å². The maximum atomic E-state index is 12.6. The molecule has 0 unspecified atom stereocenters. The lowest BCUT2D eigenvalue weighted by atomic mass is 9.82. The number of para-hydroxylation sites is 2. The zero-order chi connectivity index (χ0) is 14.4. The molecule has 0 bridgehead atoms. The highest BCUT2D eigenvalue weighted by Crippen LogP contribution is 2.42. The zero-order valence-electron chi connectivity index (χ0n) is 11.8. The van der Waals surface area contributed by atoms with Gasteiger partial charge in [-0.25, -0.2) is 0 Å². The first kappa shape index (κ1) is 14.4. The molecule has 0 aliphatic heterocycles. The van der Waals surface area contributed by atoms with Gasteiger partial charge in [0.25, 0.3) is 0 Å². The van der Waals surface area contributed by atoms with Gasteiger partial charge in [0.15, 0.2) is 6.61 Å². The average molecular weight is 272 g/mol.